The maximum atomic E-state index is 12.9. The van der Waals surface area contributed by atoms with Crippen molar-refractivity contribution in [1.82, 2.24) is 14.8 Å². The molecule has 0 aliphatic carbocycles. The molecule has 126 valence electrons. The van der Waals surface area contributed by atoms with E-state index < -0.39 is 0 Å². The third-order valence-corrected chi connectivity index (χ3v) is 5.61. The van der Waals surface area contributed by atoms with E-state index in [2.05, 4.69) is 4.98 Å². The van der Waals surface area contributed by atoms with E-state index in [9.17, 15) is 9.59 Å². The van der Waals surface area contributed by atoms with Crippen LogP contribution in [0.4, 0.5) is 0 Å². The molecule has 2 amide bonds. The first kappa shape index (κ1) is 16.4. The van der Waals surface area contributed by atoms with Crippen molar-refractivity contribution in [3.63, 3.8) is 0 Å². The van der Waals surface area contributed by atoms with Gasteiger partial charge in [-0.15, -0.1) is 11.3 Å². The molecule has 2 fully saturated rings. The normalized spacial score (nSPS) is 22.6. The van der Waals surface area contributed by atoms with Gasteiger partial charge in [0.05, 0.1) is 6.04 Å². The fourth-order valence-electron chi connectivity index (χ4n) is 3.51. The number of carbonyl (C=O) groups excluding carboxylic acids is 2. The summed E-state index contributed by atoms with van der Waals surface area (Å²) in [6.07, 6.45) is 5.34. The lowest BCUT2D eigenvalue weighted by molar-refractivity contribution is -0.143. The van der Waals surface area contributed by atoms with E-state index in [4.69, 9.17) is 4.74 Å². The molecule has 0 aromatic carbocycles. The zero-order valence-corrected chi connectivity index (χ0v) is 14.3. The van der Waals surface area contributed by atoms with Gasteiger partial charge < -0.3 is 14.5 Å². The SMILES string of the molecule is COCC(=O)N1CCC(C(=O)N2CCC[C@@H]2c2nccs2)CC1. The van der Waals surface area contributed by atoms with Crippen LogP contribution in [0.15, 0.2) is 11.6 Å². The third-order valence-electron chi connectivity index (χ3n) is 4.74. The highest BCUT2D eigenvalue weighted by atomic mass is 32.1. The molecular weight excluding hydrogens is 314 g/mol. The van der Waals surface area contributed by atoms with Gasteiger partial charge in [0.1, 0.15) is 11.6 Å². The number of nitrogens with zero attached hydrogens (tertiary/aromatic N) is 3. The second-order valence-corrected chi connectivity index (χ2v) is 7.07. The summed E-state index contributed by atoms with van der Waals surface area (Å²) in [5, 5.41) is 3.01. The second-order valence-electron chi connectivity index (χ2n) is 6.15. The summed E-state index contributed by atoms with van der Waals surface area (Å²) in [5.74, 6) is 0.281. The molecule has 1 aromatic rings. The standard InChI is InChI=1S/C16H23N3O3S/c1-22-11-14(20)18-8-4-12(5-9-18)16(21)19-7-2-3-13(19)15-17-6-10-23-15/h6,10,12-13H,2-5,7-9,11H2,1H3/t13-/m1/s1. The molecule has 1 aromatic heterocycles. The van der Waals surface area contributed by atoms with Crippen LogP contribution in [0.25, 0.3) is 0 Å². The van der Waals surface area contributed by atoms with Gasteiger partial charge in [0.2, 0.25) is 11.8 Å². The van der Waals surface area contributed by atoms with E-state index in [1.165, 1.54) is 7.11 Å². The topological polar surface area (TPSA) is 62.7 Å². The maximum absolute atomic E-state index is 12.9. The largest absolute Gasteiger partial charge is 0.375 e. The van der Waals surface area contributed by atoms with Gasteiger partial charge in [-0.1, -0.05) is 0 Å². The van der Waals surface area contributed by atoms with E-state index in [1.54, 1.807) is 22.4 Å². The van der Waals surface area contributed by atoms with E-state index >= 15 is 0 Å². The summed E-state index contributed by atoms with van der Waals surface area (Å²) in [7, 11) is 1.53. The van der Waals surface area contributed by atoms with Crippen LogP contribution in [0.1, 0.15) is 36.7 Å². The second kappa shape index (κ2) is 7.40. The van der Waals surface area contributed by atoms with Crippen LogP contribution in [-0.2, 0) is 14.3 Å². The Morgan fingerprint density at radius 3 is 2.74 bits per heavy atom. The Labute approximate surface area is 140 Å². The summed E-state index contributed by atoms with van der Waals surface area (Å²) in [5.41, 5.74) is 0. The molecule has 23 heavy (non-hydrogen) atoms. The minimum Gasteiger partial charge on any atom is -0.375 e. The van der Waals surface area contributed by atoms with Gasteiger partial charge in [-0.2, -0.15) is 0 Å². The summed E-state index contributed by atoms with van der Waals surface area (Å²) in [6.45, 7) is 2.24. The molecular formula is C16H23N3O3S. The maximum Gasteiger partial charge on any atom is 0.248 e. The molecule has 2 saturated heterocycles. The highest BCUT2D eigenvalue weighted by Gasteiger charge is 2.36. The number of methoxy groups -OCH3 is 1. The number of likely N-dealkylation sites (tertiary alicyclic amines) is 2. The average Bonchev–Trinajstić information content (AvgIpc) is 3.25. The summed E-state index contributed by atoms with van der Waals surface area (Å²) >= 11 is 1.63. The lowest BCUT2D eigenvalue weighted by atomic mass is 9.95. The molecule has 0 bridgehead atoms. The lowest BCUT2D eigenvalue weighted by Crippen LogP contribution is -2.45. The molecule has 2 aliphatic heterocycles. The van der Waals surface area contributed by atoms with Gasteiger partial charge in [-0.3, -0.25) is 9.59 Å². The van der Waals surface area contributed by atoms with Crippen LogP contribution in [0.2, 0.25) is 0 Å². The molecule has 0 unspecified atom stereocenters. The van der Waals surface area contributed by atoms with Gasteiger partial charge in [-0.25, -0.2) is 4.98 Å². The quantitative estimate of drug-likeness (QED) is 0.839. The number of amides is 2. The Balaban J connectivity index is 1.58. The summed E-state index contributed by atoms with van der Waals surface area (Å²) < 4.78 is 4.90. The molecule has 6 nitrogen and oxygen atoms in total. The van der Waals surface area contributed by atoms with E-state index in [0.29, 0.717) is 13.1 Å². The molecule has 0 N–H and O–H groups in total. The zero-order chi connectivity index (χ0) is 16.2. The number of hydrogen-bond acceptors (Lipinski definition) is 5. The van der Waals surface area contributed by atoms with Gasteiger partial charge in [0, 0.05) is 44.2 Å². The van der Waals surface area contributed by atoms with Gasteiger partial charge in [0.15, 0.2) is 0 Å². The monoisotopic (exact) mass is 337 g/mol. The Morgan fingerprint density at radius 2 is 2.09 bits per heavy atom. The molecule has 2 aliphatic rings. The van der Waals surface area contributed by atoms with Crippen LogP contribution in [0.3, 0.4) is 0 Å². The number of ether oxygens (including phenoxy) is 1. The van der Waals surface area contributed by atoms with Gasteiger partial charge >= 0.3 is 0 Å². The molecule has 0 radical (unpaired) electrons. The molecule has 1 atom stereocenters. The van der Waals surface area contributed by atoms with Crippen LogP contribution >= 0.6 is 11.3 Å². The van der Waals surface area contributed by atoms with Crippen molar-refractivity contribution in [2.24, 2.45) is 5.92 Å². The van der Waals surface area contributed by atoms with Gasteiger partial charge in [0.25, 0.3) is 0 Å². The van der Waals surface area contributed by atoms with Crippen molar-refractivity contribution < 1.29 is 14.3 Å². The Kier molecular flexibility index (Phi) is 5.27. The van der Waals surface area contributed by atoms with Crippen LogP contribution in [0.5, 0.6) is 0 Å². The summed E-state index contributed by atoms with van der Waals surface area (Å²) in [6, 6.07) is 0.149. The Bertz CT molecular complexity index is 541. The number of carbonyl (C=O) groups is 2. The first-order valence-electron chi connectivity index (χ1n) is 8.17. The van der Waals surface area contributed by atoms with Crippen LogP contribution in [0, 0.1) is 5.92 Å². The molecule has 7 heteroatoms. The van der Waals surface area contributed by atoms with E-state index in [1.807, 2.05) is 10.3 Å². The predicted molar refractivity (Wildman–Crippen MR) is 87.0 cm³/mol. The average molecular weight is 337 g/mol. The first-order valence-corrected chi connectivity index (χ1v) is 9.05. The third kappa shape index (κ3) is 3.55. The van der Waals surface area contributed by atoms with Crippen molar-refractivity contribution >= 4 is 23.2 Å². The van der Waals surface area contributed by atoms with Crippen molar-refractivity contribution in [2.45, 2.75) is 31.7 Å². The zero-order valence-electron chi connectivity index (χ0n) is 13.4. The Morgan fingerprint density at radius 1 is 1.30 bits per heavy atom. The van der Waals surface area contributed by atoms with Crippen LogP contribution in [-0.4, -0.2) is 59.9 Å². The number of aromatic nitrogens is 1. The minimum atomic E-state index is 0.0141. The number of piperidine rings is 1. The predicted octanol–water partition coefficient (Wildman–Crippen LogP) is 1.69. The molecule has 0 saturated carbocycles. The van der Waals surface area contributed by atoms with Crippen LogP contribution < -0.4 is 0 Å². The Hall–Kier alpha value is -1.47. The van der Waals surface area contributed by atoms with E-state index in [0.717, 1.165) is 37.2 Å². The highest BCUT2D eigenvalue weighted by Crippen LogP contribution is 2.35. The smallest absolute Gasteiger partial charge is 0.248 e. The number of rotatable bonds is 4. The fourth-order valence-corrected chi connectivity index (χ4v) is 4.30. The fraction of sp³-hybridized carbons (Fsp3) is 0.688. The summed E-state index contributed by atoms with van der Waals surface area (Å²) in [4.78, 5) is 32.9. The highest BCUT2D eigenvalue weighted by molar-refractivity contribution is 7.09. The number of hydrogen-bond donors (Lipinski definition) is 0. The van der Waals surface area contributed by atoms with Crippen molar-refractivity contribution in [2.75, 3.05) is 33.4 Å². The van der Waals surface area contributed by atoms with Crippen molar-refractivity contribution in [1.29, 1.82) is 0 Å². The van der Waals surface area contributed by atoms with Crippen molar-refractivity contribution in [3.05, 3.63) is 16.6 Å². The van der Waals surface area contributed by atoms with Crippen molar-refractivity contribution in [3.8, 4) is 0 Å². The number of thiazole rings is 1. The lowest BCUT2D eigenvalue weighted by Gasteiger charge is -2.34. The molecule has 3 heterocycles. The molecule has 0 spiro atoms. The molecule has 3 rings (SSSR count). The van der Waals surface area contributed by atoms with Gasteiger partial charge in [-0.05, 0) is 25.7 Å². The van der Waals surface area contributed by atoms with E-state index in [-0.39, 0.29) is 30.4 Å². The first-order chi connectivity index (χ1) is 11.2. The minimum absolute atomic E-state index is 0.0141.